The van der Waals surface area contributed by atoms with Gasteiger partial charge in [-0.3, -0.25) is 0 Å². The molecule has 148 valence electrons. The molecule has 0 fully saturated rings. The summed E-state index contributed by atoms with van der Waals surface area (Å²) in [6.45, 7) is 0. The van der Waals surface area contributed by atoms with Gasteiger partial charge in [0.05, 0.1) is 12.5 Å². The molecule has 30 heavy (non-hydrogen) atoms. The van der Waals surface area contributed by atoms with Gasteiger partial charge in [0.25, 0.3) is 0 Å². The number of aromatic amines is 1. The lowest BCUT2D eigenvalue weighted by Crippen LogP contribution is -2.11. The molecule has 5 rings (SSSR count). The molecule has 1 N–H and O–H groups in total. The molecule has 0 atom stereocenters. The van der Waals surface area contributed by atoms with E-state index in [9.17, 15) is 8.78 Å². The Balaban J connectivity index is 1.65. The van der Waals surface area contributed by atoms with Crippen LogP contribution in [0.4, 0.5) is 14.5 Å². The fourth-order valence-electron chi connectivity index (χ4n) is 3.08. The van der Waals surface area contributed by atoms with E-state index in [1.807, 2.05) is 41.9 Å². The summed E-state index contributed by atoms with van der Waals surface area (Å²) in [5, 5.41) is 7.44. The number of halogens is 2. The van der Waals surface area contributed by atoms with Crippen molar-refractivity contribution in [3.63, 3.8) is 0 Å². The minimum Gasteiger partial charge on any atom is -0.463 e. The molecular weight excluding hydrogens is 406 g/mol. The fraction of sp³-hybridized carbons (Fsp3) is 0. The van der Waals surface area contributed by atoms with Crippen LogP contribution in [0.1, 0.15) is 5.56 Å². The molecule has 0 aliphatic rings. The number of benzene rings is 2. The minimum absolute atomic E-state index is 0.0280. The molecule has 0 bridgehead atoms. The molecule has 2 aromatic carbocycles. The number of furan rings is 1. The first kappa shape index (κ1) is 18.3. The molecule has 0 saturated heterocycles. The van der Waals surface area contributed by atoms with Crippen molar-refractivity contribution in [2.24, 2.45) is 10.1 Å². The van der Waals surface area contributed by atoms with Crippen molar-refractivity contribution in [3.8, 4) is 11.5 Å². The number of hydrogen-bond donors (Lipinski definition) is 1. The van der Waals surface area contributed by atoms with Gasteiger partial charge in [-0.2, -0.15) is 5.10 Å². The zero-order chi connectivity index (χ0) is 20.5. The standard InChI is InChI=1S/C22H14F2N4OS/c23-15-7-8-19(17(24)10-15)27-22-28(20(13-30-22)21-6-3-9-29-21)26-12-14-11-25-18-5-2-1-4-16(14)18/h1-13,25H. The van der Waals surface area contributed by atoms with E-state index in [4.69, 9.17) is 4.42 Å². The van der Waals surface area contributed by atoms with Crippen LogP contribution in [-0.2, 0) is 0 Å². The second-order valence-corrected chi connectivity index (χ2v) is 7.27. The molecule has 3 heterocycles. The van der Waals surface area contributed by atoms with E-state index < -0.39 is 11.6 Å². The van der Waals surface area contributed by atoms with Crippen LogP contribution >= 0.6 is 11.3 Å². The molecular formula is C22H14F2N4OS. The average molecular weight is 420 g/mol. The minimum atomic E-state index is -0.741. The van der Waals surface area contributed by atoms with Gasteiger partial charge in [-0.15, -0.1) is 11.3 Å². The molecule has 0 amide bonds. The van der Waals surface area contributed by atoms with Gasteiger partial charge in [0.2, 0.25) is 4.80 Å². The number of fused-ring (bicyclic) bond motifs is 1. The van der Waals surface area contributed by atoms with Gasteiger partial charge in [-0.05, 0) is 30.3 Å². The molecule has 0 aliphatic heterocycles. The van der Waals surface area contributed by atoms with E-state index in [1.54, 1.807) is 23.2 Å². The van der Waals surface area contributed by atoms with Crippen LogP contribution in [-0.4, -0.2) is 15.9 Å². The highest BCUT2D eigenvalue weighted by Gasteiger charge is 2.11. The van der Waals surface area contributed by atoms with Gasteiger partial charge < -0.3 is 9.40 Å². The molecule has 0 saturated carbocycles. The summed E-state index contributed by atoms with van der Waals surface area (Å²) >= 11 is 1.28. The van der Waals surface area contributed by atoms with Crippen LogP contribution in [0, 0.1) is 11.6 Å². The highest BCUT2D eigenvalue weighted by molar-refractivity contribution is 7.07. The first-order valence-corrected chi connectivity index (χ1v) is 9.92. The van der Waals surface area contributed by atoms with E-state index in [0.717, 1.165) is 22.5 Å². The van der Waals surface area contributed by atoms with Crippen molar-refractivity contribution in [1.29, 1.82) is 0 Å². The van der Waals surface area contributed by atoms with Crippen LogP contribution in [0.2, 0.25) is 0 Å². The van der Waals surface area contributed by atoms with Gasteiger partial charge in [-0.25, -0.2) is 18.4 Å². The SMILES string of the molecule is Fc1ccc(N=c2scc(-c3ccco3)n2N=Cc2c[nH]c3ccccc23)c(F)c1. The molecule has 0 unspecified atom stereocenters. The topological polar surface area (TPSA) is 58.6 Å². The van der Waals surface area contributed by atoms with Gasteiger partial charge >= 0.3 is 0 Å². The summed E-state index contributed by atoms with van der Waals surface area (Å²) in [4.78, 5) is 7.97. The highest BCUT2D eigenvalue weighted by Crippen LogP contribution is 2.23. The fourth-order valence-corrected chi connectivity index (χ4v) is 3.91. The number of nitrogens with zero attached hydrogens (tertiary/aromatic N) is 3. The van der Waals surface area contributed by atoms with E-state index in [1.165, 1.54) is 23.5 Å². The summed E-state index contributed by atoms with van der Waals surface area (Å²) in [6.07, 6.45) is 5.14. The maximum absolute atomic E-state index is 14.1. The third-order valence-electron chi connectivity index (χ3n) is 4.52. The van der Waals surface area contributed by atoms with Crippen LogP contribution in [0.3, 0.4) is 0 Å². The van der Waals surface area contributed by atoms with Crippen LogP contribution in [0.25, 0.3) is 22.4 Å². The lowest BCUT2D eigenvalue weighted by Gasteiger charge is -2.01. The van der Waals surface area contributed by atoms with Crippen LogP contribution in [0.5, 0.6) is 0 Å². The number of para-hydroxylation sites is 1. The second kappa shape index (κ2) is 7.57. The number of thiazole rings is 1. The van der Waals surface area contributed by atoms with Crippen LogP contribution < -0.4 is 4.80 Å². The largest absolute Gasteiger partial charge is 0.463 e. The Bertz CT molecular complexity index is 1430. The summed E-state index contributed by atoms with van der Waals surface area (Å²) in [5.74, 6) is -0.794. The second-order valence-electron chi connectivity index (χ2n) is 6.43. The Morgan fingerprint density at radius 2 is 1.97 bits per heavy atom. The Morgan fingerprint density at radius 3 is 2.80 bits per heavy atom. The Morgan fingerprint density at radius 1 is 1.07 bits per heavy atom. The van der Waals surface area contributed by atoms with Gasteiger partial charge in [0.15, 0.2) is 11.6 Å². The Hall–Kier alpha value is -3.78. The summed E-state index contributed by atoms with van der Waals surface area (Å²) in [5.41, 5.74) is 2.59. The third kappa shape index (κ3) is 3.37. The number of nitrogens with one attached hydrogen (secondary N) is 1. The molecule has 0 aliphatic carbocycles. The molecule has 5 nitrogen and oxygen atoms in total. The maximum atomic E-state index is 14.1. The molecule has 3 aromatic heterocycles. The van der Waals surface area contributed by atoms with Crippen molar-refractivity contribution >= 4 is 34.1 Å². The highest BCUT2D eigenvalue weighted by atomic mass is 32.1. The third-order valence-corrected chi connectivity index (χ3v) is 5.33. The normalized spacial score (nSPS) is 12.4. The predicted octanol–water partition coefficient (Wildman–Crippen LogP) is 5.68. The van der Waals surface area contributed by atoms with Crippen molar-refractivity contribution in [2.75, 3.05) is 0 Å². The number of hydrogen-bond acceptors (Lipinski definition) is 4. The summed E-state index contributed by atoms with van der Waals surface area (Å²) < 4.78 is 34.5. The van der Waals surface area contributed by atoms with Crippen molar-refractivity contribution in [2.45, 2.75) is 0 Å². The van der Waals surface area contributed by atoms with Gasteiger partial charge in [0, 0.05) is 34.1 Å². The molecule has 0 spiro atoms. The molecule has 5 aromatic rings. The summed E-state index contributed by atoms with van der Waals surface area (Å²) in [6, 6.07) is 14.7. The lowest BCUT2D eigenvalue weighted by molar-refractivity contribution is 0.575. The Kier molecular flexibility index (Phi) is 4.61. The van der Waals surface area contributed by atoms with E-state index in [-0.39, 0.29) is 5.69 Å². The molecule has 8 heteroatoms. The average Bonchev–Trinajstić information content (AvgIpc) is 3.48. The van der Waals surface area contributed by atoms with E-state index in [0.29, 0.717) is 16.3 Å². The number of aromatic nitrogens is 2. The predicted molar refractivity (Wildman–Crippen MR) is 113 cm³/mol. The smallest absolute Gasteiger partial charge is 0.211 e. The number of H-pyrrole nitrogens is 1. The number of rotatable bonds is 4. The van der Waals surface area contributed by atoms with Crippen molar-refractivity contribution < 1.29 is 13.2 Å². The Labute approximate surface area is 173 Å². The molecule has 0 radical (unpaired) electrons. The van der Waals surface area contributed by atoms with E-state index in [2.05, 4.69) is 15.1 Å². The first-order chi connectivity index (χ1) is 14.7. The van der Waals surface area contributed by atoms with Crippen molar-refractivity contribution in [3.05, 3.63) is 94.4 Å². The van der Waals surface area contributed by atoms with Crippen molar-refractivity contribution in [1.82, 2.24) is 9.66 Å². The van der Waals surface area contributed by atoms with Gasteiger partial charge in [-0.1, -0.05) is 18.2 Å². The quantitative estimate of drug-likeness (QED) is 0.374. The zero-order valence-corrected chi connectivity index (χ0v) is 16.2. The zero-order valence-electron chi connectivity index (χ0n) is 15.4. The maximum Gasteiger partial charge on any atom is 0.211 e. The monoisotopic (exact) mass is 420 g/mol. The first-order valence-electron chi connectivity index (χ1n) is 9.04. The van der Waals surface area contributed by atoms with E-state index >= 15 is 0 Å². The van der Waals surface area contributed by atoms with Gasteiger partial charge in [0.1, 0.15) is 17.2 Å². The lowest BCUT2D eigenvalue weighted by atomic mass is 10.2. The van der Waals surface area contributed by atoms with Crippen LogP contribution in [0.15, 0.2) is 86.9 Å². The summed E-state index contributed by atoms with van der Waals surface area (Å²) in [7, 11) is 0.